The van der Waals surface area contributed by atoms with Crippen LogP contribution in [0.5, 0.6) is 0 Å². The van der Waals surface area contributed by atoms with Gasteiger partial charge in [0.1, 0.15) is 0 Å². The average molecular weight is 407 g/mol. The van der Waals surface area contributed by atoms with Gasteiger partial charge < -0.3 is 0 Å². The Morgan fingerprint density at radius 1 is 0.375 bits per heavy atom. The van der Waals surface area contributed by atoms with Crippen molar-refractivity contribution in [1.82, 2.24) is 0 Å². The number of rotatable bonds is 5. The molecule has 0 saturated carbocycles. The molecule has 0 aliphatic heterocycles. The van der Waals surface area contributed by atoms with Crippen LogP contribution in [-0.2, 0) is 0 Å². The second kappa shape index (κ2) is 9.99. The fourth-order valence-corrected chi connectivity index (χ4v) is 3.34. The van der Waals surface area contributed by atoms with Gasteiger partial charge in [-0.25, -0.2) is 0 Å². The van der Waals surface area contributed by atoms with Gasteiger partial charge in [0, 0.05) is 11.1 Å². The van der Waals surface area contributed by atoms with Crippen LogP contribution in [0.25, 0.3) is 35.4 Å². The molecule has 0 N–H and O–H groups in total. The molecular formula is C32H22. The van der Waals surface area contributed by atoms with Crippen LogP contribution in [0.4, 0.5) is 0 Å². The van der Waals surface area contributed by atoms with Crippen molar-refractivity contribution < 1.29 is 0 Å². The first-order valence-electron chi connectivity index (χ1n) is 10.4. The lowest BCUT2D eigenvalue weighted by molar-refractivity contribution is 1.58. The fourth-order valence-electron chi connectivity index (χ4n) is 3.34. The van der Waals surface area contributed by atoms with Gasteiger partial charge in [-0.3, -0.25) is 0 Å². The van der Waals surface area contributed by atoms with E-state index < -0.39 is 0 Å². The maximum atomic E-state index is 5.41. The summed E-state index contributed by atoms with van der Waals surface area (Å²) in [6.07, 6.45) is 19.2. The smallest absolute Gasteiger partial charge is 0.0243 e. The van der Waals surface area contributed by atoms with Crippen LogP contribution < -0.4 is 0 Å². The number of hydrogen-bond donors (Lipinski definition) is 0. The van der Waals surface area contributed by atoms with Crippen molar-refractivity contribution in [3.8, 4) is 35.8 Å². The molecule has 0 bridgehead atoms. The second-order valence-electron chi connectivity index (χ2n) is 7.44. The summed E-state index contributed by atoms with van der Waals surface area (Å²) < 4.78 is 0. The van der Waals surface area contributed by atoms with Gasteiger partial charge in [0.2, 0.25) is 0 Å². The molecule has 4 aromatic carbocycles. The molecule has 0 heterocycles. The van der Waals surface area contributed by atoms with Crippen molar-refractivity contribution >= 4 is 24.3 Å². The largest absolute Gasteiger partial charge is 0.115 e. The molecule has 0 aliphatic carbocycles. The van der Waals surface area contributed by atoms with Gasteiger partial charge in [0.15, 0.2) is 0 Å². The maximum Gasteiger partial charge on any atom is 0.0243 e. The van der Waals surface area contributed by atoms with Gasteiger partial charge in [-0.2, -0.15) is 0 Å². The van der Waals surface area contributed by atoms with E-state index >= 15 is 0 Å². The minimum atomic E-state index is 0.895. The van der Waals surface area contributed by atoms with E-state index in [2.05, 4.69) is 84.7 Å². The Bertz CT molecular complexity index is 1210. The highest BCUT2D eigenvalue weighted by Crippen LogP contribution is 2.22. The third-order valence-corrected chi connectivity index (χ3v) is 5.25. The molecule has 150 valence electrons. The summed E-state index contributed by atoms with van der Waals surface area (Å²) in [6, 6.07) is 33.1. The minimum absolute atomic E-state index is 0.895. The van der Waals surface area contributed by atoms with Gasteiger partial charge in [-0.15, -0.1) is 12.8 Å². The molecule has 0 spiro atoms. The number of hydrogen-bond acceptors (Lipinski definition) is 0. The zero-order chi connectivity index (χ0) is 22.2. The number of terminal acetylenes is 2. The molecule has 0 amide bonds. The SMILES string of the molecule is C#Cc1ccc(C=Cc2ccc(-c3ccc(C=Cc4ccc(C#C)cc4)cc3)cc2)cc1. The normalized spacial score (nSPS) is 10.8. The summed E-state index contributed by atoms with van der Waals surface area (Å²) >= 11 is 0. The zero-order valence-electron chi connectivity index (χ0n) is 17.7. The van der Waals surface area contributed by atoms with Gasteiger partial charge in [0.05, 0.1) is 0 Å². The van der Waals surface area contributed by atoms with Crippen LogP contribution in [0, 0.1) is 24.7 Å². The summed E-state index contributed by atoms with van der Waals surface area (Å²) in [7, 11) is 0. The molecule has 0 aliphatic rings. The molecule has 0 atom stereocenters. The Balaban J connectivity index is 1.41. The van der Waals surface area contributed by atoms with E-state index in [0.717, 1.165) is 33.4 Å². The predicted molar refractivity (Wildman–Crippen MR) is 138 cm³/mol. The highest BCUT2D eigenvalue weighted by Gasteiger charge is 1.98. The molecule has 0 saturated heterocycles. The molecule has 0 radical (unpaired) electrons. The monoisotopic (exact) mass is 406 g/mol. The molecule has 0 fully saturated rings. The molecule has 0 nitrogen and oxygen atoms in total. The van der Waals surface area contributed by atoms with Gasteiger partial charge in [0.25, 0.3) is 0 Å². The van der Waals surface area contributed by atoms with E-state index in [1.165, 1.54) is 11.1 Å². The van der Waals surface area contributed by atoms with Gasteiger partial charge in [-0.1, -0.05) is 109 Å². The van der Waals surface area contributed by atoms with Crippen LogP contribution in [0.15, 0.2) is 97.1 Å². The minimum Gasteiger partial charge on any atom is -0.115 e. The Morgan fingerprint density at radius 2 is 0.625 bits per heavy atom. The lowest BCUT2D eigenvalue weighted by Gasteiger charge is -2.04. The second-order valence-corrected chi connectivity index (χ2v) is 7.44. The Morgan fingerprint density at radius 3 is 0.875 bits per heavy atom. The molecule has 0 heteroatoms. The summed E-state index contributed by atoms with van der Waals surface area (Å²) in [5.74, 6) is 5.28. The van der Waals surface area contributed by atoms with Gasteiger partial charge >= 0.3 is 0 Å². The lowest BCUT2D eigenvalue weighted by atomic mass is 10.0. The van der Waals surface area contributed by atoms with Crippen LogP contribution in [-0.4, -0.2) is 0 Å². The first-order valence-corrected chi connectivity index (χ1v) is 10.4. The van der Waals surface area contributed by atoms with E-state index in [1.54, 1.807) is 0 Å². The summed E-state index contributed by atoms with van der Waals surface area (Å²) in [4.78, 5) is 0. The molecule has 0 unspecified atom stereocenters. The summed E-state index contributed by atoms with van der Waals surface area (Å²) in [5.41, 5.74) is 8.75. The van der Waals surface area contributed by atoms with Crippen molar-refractivity contribution in [2.75, 3.05) is 0 Å². The average Bonchev–Trinajstić information content (AvgIpc) is 2.87. The van der Waals surface area contributed by atoms with Crippen molar-refractivity contribution in [3.05, 3.63) is 130 Å². The number of benzene rings is 4. The van der Waals surface area contributed by atoms with Gasteiger partial charge in [-0.05, 0) is 57.6 Å². The Labute approximate surface area is 190 Å². The lowest BCUT2D eigenvalue weighted by Crippen LogP contribution is -1.80. The summed E-state index contributed by atoms with van der Waals surface area (Å²) in [6.45, 7) is 0. The molecule has 4 aromatic rings. The quantitative estimate of drug-likeness (QED) is 0.236. The Hall–Kier alpha value is -4.52. The van der Waals surface area contributed by atoms with E-state index in [9.17, 15) is 0 Å². The van der Waals surface area contributed by atoms with Crippen molar-refractivity contribution in [2.45, 2.75) is 0 Å². The first-order chi connectivity index (χ1) is 15.7. The maximum absolute atomic E-state index is 5.41. The third-order valence-electron chi connectivity index (χ3n) is 5.25. The summed E-state index contributed by atoms with van der Waals surface area (Å²) in [5, 5.41) is 0. The molecule has 32 heavy (non-hydrogen) atoms. The zero-order valence-corrected chi connectivity index (χ0v) is 17.7. The van der Waals surface area contributed by atoms with Crippen LogP contribution in [0.3, 0.4) is 0 Å². The van der Waals surface area contributed by atoms with E-state index in [-0.39, 0.29) is 0 Å². The van der Waals surface area contributed by atoms with E-state index in [4.69, 9.17) is 12.8 Å². The topological polar surface area (TPSA) is 0 Å². The van der Waals surface area contributed by atoms with E-state index in [0.29, 0.717) is 0 Å². The first kappa shape index (κ1) is 20.7. The predicted octanol–water partition coefficient (Wildman–Crippen LogP) is 7.66. The highest BCUT2D eigenvalue weighted by molar-refractivity contribution is 5.74. The van der Waals surface area contributed by atoms with Crippen LogP contribution in [0.1, 0.15) is 33.4 Å². The Kier molecular flexibility index (Phi) is 6.48. The van der Waals surface area contributed by atoms with Crippen LogP contribution >= 0.6 is 0 Å². The standard InChI is InChI=1S/C32H22/c1-3-25-5-9-27(10-6-25)13-15-29-17-21-31(22-18-29)32-23-19-30(20-24-32)16-14-28-11-7-26(4-2)8-12-28/h1-2,5-24H. The fraction of sp³-hybridized carbons (Fsp3) is 0. The van der Waals surface area contributed by atoms with Crippen molar-refractivity contribution in [1.29, 1.82) is 0 Å². The highest BCUT2D eigenvalue weighted by atomic mass is 14.0. The molecular weight excluding hydrogens is 384 g/mol. The van der Waals surface area contributed by atoms with Crippen molar-refractivity contribution in [3.63, 3.8) is 0 Å². The van der Waals surface area contributed by atoms with Crippen LogP contribution in [0.2, 0.25) is 0 Å². The van der Waals surface area contributed by atoms with E-state index in [1.807, 2.05) is 48.5 Å². The third kappa shape index (κ3) is 5.34. The molecule has 4 rings (SSSR count). The molecule has 0 aromatic heterocycles. The van der Waals surface area contributed by atoms with Crippen molar-refractivity contribution in [2.24, 2.45) is 0 Å².